The second-order valence-electron chi connectivity index (χ2n) is 7.89. The molecule has 4 aromatic rings. The van der Waals surface area contributed by atoms with Crippen molar-refractivity contribution in [1.29, 1.82) is 0 Å². The molecular formula is C28H23FN4O2. The fourth-order valence-corrected chi connectivity index (χ4v) is 3.68. The predicted molar refractivity (Wildman–Crippen MR) is 132 cm³/mol. The lowest BCUT2D eigenvalue weighted by Crippen LogP contribution is -2.14. The van der Waals surface area contributed by atoms with Gasteiger partial charge in [-0.05, 0) is 43.2 Å². The summed E-state index contributed by atoms with van der Waals surface area (Å²) < 4.78 is 15.1. The number of hydrogen-bond donors (Lipinski definition) is 2. The Morgan fingerprint density at radius 2 is 1.86 bits per heavy atom. The third-order valence-electron chi connectivity index (χ3n) is 5.56. The van der Waals surface area contributed by atoms with Gasteiger partial charge in [0.05, 0.1) is 28.2 Å². The number of carbonyl (C=O) groups is 1. The zero-order valence-corrected chi connectivity index (χ0v) is 19.3. The number of anilines is 1. The Hall–Kier alpha value is -4.41. The molecule has 3 N–H and O–H groups in total. The van der Waals surface area contributed by atoms with Crippen molar-refractivity contribution in [3.05, 3.63) is 106 Å². The topological polar surface area (TPSA) is 102 Å². The Kier molecular flexibility index (Phi) is 6.95. The summed E-state index contributed by atoms with van der Waals surface area (Å²) in [5.74, 6) is 5.15. The quantitative estimate of drug-likeness (QED) is 0.333. The van der Waals surface area contributed by atoms with Gasteiger partial charge in [0.25, 0.3) is 0 Å². The summed E-state index contributed by atoms with van der Waals surface area (Å²) in [4.78, 5) is 25.6. The first-order chi connectivity index (χ1) is 16.9. The van der Waals surface area contributed by atoms with Gasteiger partial charge in [0.2, 0.25) is 0 Å². The Morgan fingerprint density at radius 3 is 2.54 bits per heavy atom. The molecule has 1 unspecified atom stereocenters. The Bertz CT molecular complexity index is 1460. The number of aliphatic hydroxyl groups is 1. The molecule has 0 amide bonds. The molecule has 1 atom stereocenters. The van der Waals surface area contributed by atoms with Crippen molar-refractivity contribution in [2.45, 2.75) is 26.4 Å². The van der Waals surface area contributed by atoms with Crippen LogP contribution in [-0.4, -0.2) is 25.8 Å². The number of pyridine rings is 1. The maximum absolute atomic E-state index is 15.1. The van der Waals surface area contributed by atoms with Crippen LogP contribution in [0.4, 0.5) is 10.2 Å². The van der Waals surface area contributed by atoms with Crippen LogP contribution >= 0.6 is 0 Å². The summed E-state index contributed by atoms with van der Waals surface area (Å²) in [6, 6.07) is 16.1. The fraction of sp³-hybridized carbons (Fsp3) is 0.143. The molecule has 35 heavy (non-hydrogen) atoms. The van der Waals surface area contributed by atoms with Crippen LogP contribution in [0.25, 0.3) is 11.3 Å². The maximum Gasteiger partial charge on any atom is 0.198 e. The van der Waals surface area contributed by atoms with Gasteiger partial charge in [-0.25, -0.2) is 19.3 Å². The van der Waals surface area contributed by atoms with Crippen molar-refractivity contribution in [2.24, 2.45) is 0 Å². The standard InChI is InChI=1S/C28H23FN4O2/c1-3-24-22(13-9-18-11-14-25(30)33-17(18)2)26(32-16-31-24)20-10-12-21(23(29)15-20)28(35)27(34)19-7-5-4-6-8-19/h4-8,10-12,14-16,27,34H,3H2,1-2H3,(H2,30,33). The highest BCUT2D eigenvalue weighted by Crippen LogP contribution is 2.27. The van der Waals surface area contributed by atoms with Crippen LogP contribution in [0.2, 0.25) is 0 Å². The minimum absolute atomic E-state index is 0.203. The van der Waals surface area contributed by atoms with Gasteiger partial charge in [0, 0.05) is 11.1 Å². The highest BCUT2D eigenvalue weighted by atomic mass is 19.1. The number of benzene rings is 2. The van der Waals surface area contributed by atoms with E-state index < -0.39 is 17.7 Å². The van der Waals surface area contributed by atoms with Crippen LogP contribution in [0.1, 0.15) is 51.5 Å². The number of aryl methyl sites for hydroxylation is 2. The van der Waals surface area contributed by atoms with Crippen LogP contribution in [-0.2, 0) is 6.42 Å². The number of aliphatic hydroxyl groups excluding tert-OH is 1. The first kappa shape index (κ1) is 23.7. The van der Waals surface area contributed by atoms with Crippen molar-refractivity contribution in [3.8, 4) is 23.1 Å². The second kappa shape index (κ2) is 10.2. The third-order valence-corrected chi connectivity index (χ3v) is 5.56. The fourth-order valence-electron chi connectivity index (χ4n) is 3.68. The lowest BCUT2D eigenvalue weighted by Gasteiger charge is -2.12. The molecule has 6 nitrogen and oxygen atoms in total. The highest BCUT2D eigenvalue weighted by molar-refractivity contribution is 6.00. The number of ketones is 1. The van der Waals surface area contributed by atoms with Crippen molar-refractivity contribution in [2.75, 3.05) is 5.73 Å². The monoisotopic (exact) mass is 466 g/mol. The van der Waals surface area contributed by atoms with Gasteiger partial charge in [-0.15, -0.1) is 0 Å². The molecule has 0 saturated heterocycles. The van der Waals surface area contributed by atoms with Gasteiger partial charge in [-0.1, -0.05) is 55.2 Å². The molecule has 0 bridgehead atoms. The average Bonchev–Trinajstić information content (AvgIpc) is 2.87. The van der Waals surface area contributed by atoms with Crippen molar-refractivity contribution >= 4 is 11.6 Å². The summed E-state index contributed by atoms with van der Waals surface area (Å²) in [5.41, 5.74) is 9.49. The van der Waals surface area contributed by atoms with Crippen LogP contribution in [0, 0.1) is 24.6 Å². The van der Waals surface area contributed by atoms with Crippen LogP contribution in [0.3, 0.4) is 0 Å². The molecule has 0 saturated carbocycles. The summed E-state index contributed by atoms with van der Waals surface area (Å²) >= 11 is 0. The van der Waals surface area contributed by atoms with Crippen LogP contribution in [0.5, 0.6) is 0 Å². The number of aromatic nitrogens is 3. The van der Waals surface area contributed by atoms with Crippen molar-refractivity contribution in [3.63, 3.8) is 0 Å². The largest absolute Gasteiger partial charge is 0.384 e. The first-order valence-corrected chi connectivity index (χ1v) is 11.0. The number of nitrogen functional groups attached to an aromatic ring is 1. The van der Waals surface area contributed by atoms with E-state index >= 15 is 4.39 Å². The smallest absolute Gasteiger partial charge is 0.198 e. The molecule has 2 aromatic heterocycles. The molecule has 4 rings (SSSR count). The number of Topliss-reactive ketones (excluding diaryl/α,β-unsaturated/α-hetero) is 1. The zero-order valence-electron chi connectivity index (χ0n) is 19.3. The zero-order chi connectivity index (χ0) is 24.9. The van der Waals surface area contributed by atoms with Crippen molar-refractivity contribution in [1.82, 2.24) is 15.0 Å². The van der Waals surface area contributed by atoms with Crippen molar-refractivity contribution < 1.29 is 14.3 Å². The number of nitrogens with two attached hydrogens (primary N) is 1. The first-order valence-electron chi connectivity index (χ1n) is 11.0. The normalized spacial score (nSPS) is 11.4. The molecule has 2 heterocycles. The van der Waals surface area contributed by atoms with E-state index in [1.807, 2.05) is 13.8 Å². The number of nitrogens with zero attached hydrogens (tertiary/aromatic N) is 3. The van der Waals surface area contributed by atoms with Crippen LogP contribution in [0.15, 0.2) is 67.0 Å². The Morgan fingerprint density at radius 1 is 1.09 bits per heavy atom. The minimum atomic E-state index is -1.46. The van der Waals surface area contributed by atoms with E-state index in [2.05, 4.69) is 26.8 Å². The Balaban J connectivity index is 1.73. The molecule has 0 fully saturated rings. The van der Waals surface area contributed by atoms with E-state index in [9.17, 15) is 9.90 Å². The molecule has 0 spiro atoms. The summed E-state index contributed by atoms with van der Waals surface area (Å²) in [6.07, 6.45) is 0.548. The number of rotatable bonds is 5. The van der Waals surface area contributed by atoms with Gasteiger partial charge < -0.3 is 10.8 Å². The number of halogens is 1. The minimum Gasteiger partial charge on any atom is -0.384 e. The van der Waals surface area contributed by atoms with E-state index in [0.29, 0.717) is 51.6 Å². The van der Waals surface area contributed by atoms with Gasteiger partial charge in [-0.3, -0.25) is 4.79 Å². The molecule has 0 aliphatic carbocycles. The lowest BCUT2D eigenvalue weighted by atomic mass is 9.96. The Labute approximate surface area is 202 Å². The molecular weight excluding hydrogens is 443 g/mol. The van der Waals surface area contributed by atoms with E-state index in [1.165, 1.54) is 18.5 Å². The molecule has 0 aliphatic rings. The summed E-state index contributed by atoms with van der Waals surface area (Å²) in [6.45, 7) is 3.76. The van der Waals surface area contributed by atoms with E-state index in [0.717, 1.165) is 0 Å². The SMILES string of the molecule is CCc1ncnc(-c2ccc(C(=O)C(O)c3ccccc3)c(F)c2)c1C#Cc1ccc(N)nc1C. The van der Waals surface area contributed by atoms with Gasteiger partial charge in [-0.2, -0.15) is 0 Å². The second-order valence-corrected chi connectivity index (χ2v) is 7.89. The average molecular weight is 467 g/mol. The van der Waals surface area contributed by atoms with Crippen LogP contribution < -0.4 is 5.73 Å². The van der Waals surface area contributed by atoms with E-state index in [4.69, 9.17) is 5.73 Å². The molecule has 2 aromatic carbocycles. The highest BCUT2D eigenvalue weighted by Gasteiger charge is 2.23. The lowest BCUT2D eigenvalue weighted by molar-refractivity contribution is 0.0743. The summed E-state index contributed by atoms with van der Waals surface area (Å²) in [7, 11) is 0. The molecule has 7 heteroatoms. The predicted octanol–water partition coefficient (Wildman–Crippen LogP) is 4.45. The number of hydrogen-bond acceptors (Lipinski definition) is 6. The van der Waals surface area contributed by atoms with Gasteiger partial charge >= 0.3 is 0 Å². The molecule has 0 radical (unpaired) electrons. The maximum atomic E-state index is 15.1. The third kappa shape index (κ3) is 5.08. The number of carbonyl (C=O) groups excluding carboxylic acids is 1. The summed E-state index contributed by atoms with van der Waals surface area (Å²) in [5, 5.41) is 10.4. The van der Waals surface area contributed by atoms with E-state index in [1.54, 1.807) is 48.5 Å². The van der Waals surface area contributed by atoms with Gasteiger partial charge in [0.15, 0.2) is 5.78 Å². The van der Waals surface area contributed by atoms with E-state index in [-0.39, 0.29) is 5.56 Å². The van der Waals surface area contributed by atoms with Gasteiger partial charge in [0.1, 0.15) is 24.1 Å². The molecule has 0 aliphatic heterocycles. The molecule has 174 valence electrons.